The van der Waals surface area contributed by atoms with Crippen LogP contribution in [0.2, 0.25) is 5.15 Å². The average Bonchev–Trinajstić information content (AvgIpc) is 2.88. The highest BCUT2D eigenvalue weighted by atomic mass is 35.5. The summed E-state index contributed by atoms with van der Waals surface area (Å²) < 4.78 is 10.6. The number of nitrogens with zero attached hydrogens (tertiary/aromatic N) is 4. The second kappa shape index (κ2) is 5.65. The molecular formula is C15H17ClN4OS. The summed E-state index contributed by atoms with van der Waals surface area (Å²) in [6.07, 6.45) is 0. The minimum atomic E-state index is -0.624. The molecule has 0 aliphatic carbocycles. The van der Waals surface area contributed by atoms with Crippen molar-refractivity contribution in [1.29, 1.82) is 5.26 Å². The van der Waals surface area contributed by atoms with Crippen LogP contribution in [0.4, 0.5) is 5.82 Å². The van der Waals surface area contributed by atoms with Gasteiger partial charge in [0.25, 0.3) is 0 Å². The molecule has 7 heteroatoms. The van der Waals surface area contributed by atoms with Crippen molar-refractivity contribution in [1.82, 2.24) is 9.36 Å². The molecule has 0 N–H and O–H groups in total. The zero-order valence-corrected chi connectivity index (χ0v) is 14.3. The Morgan fingerprint density at radius 1 is 1.55 bits per heavy atom. The molecule has 116 valence electrons. The van der Waals surface area contributed by atoms with Crippen LogP contribution in [0, 0.1) is 11.3 Å². The molecule has 1 fully saturated rings. The molecule has 0 amide bonds. The summed E-state index contributed by atoms with van der Waals surface area (Å²) >= 11 is 7.50. The van der Waals surface area contributed by atoms with Crippen LogP contribution >= 0.6 is 23.1 Å². The second-order valence-corrected chi connectivity index (χ2v) is 7.16. The number of hydrogen-bond acceptors (Lipinski definition) is 6. The molecule has 1 aliphatic rings. The zero-order chi connectivity index (χ0) is 15.9. The van der Waals surface area contributed by atoms with Gasteiger partial charge in [0.15, 0.2) is 5.15 Å². The average molecular weight is 337 g/mol. The highest BCUT2D eigenvalue weighted by Gasteiger charge is 2.28. The van der Waals surface area contributed by atoms with Crippen molar-refractivity contribution in [3.8, 4) is 6.07 Å². The molecule has 0 aromatic carbocycles. The van der Waals surface area contributed by atoms with Crippen molar-refractivity contribution in [2.45, 2.75) is 32.2 Å². The third kappa shape index (κ3) is 2.54. The maximum absolute atomic E-state index is 9.51. The molecule has 0 spiro atoms. The lowest BCUT2D eigenvalue weighted by Gasteiger charge is -2.35. The molecule has 3 heterocycles. The van der Waals surface area contributed by atoms with Gasteiger partial charge in [0.05, 0.1) is 35.4 Å². The van der Waals surface area contributed by atoms with E-state index in [0.717, 1.165) is 22.6 Å². The molecule has 2 aromatic rings. The minimum Gasteiger partial charge on any atom is -0.377 e. The summed E-state index contributed by atoms with van der Waals surface area (Å²) in [5, 5.41) is 9.91. The molecule has 3 rings (SSSR count). The Kier molecular flexibility index (Phi) is 3.98. The van der Waals surface area contributed by atoms with Crippen molar-refractivity contribution in [3.05, 3.63) is 16.8 Å². The van der Waals surface area contributed by atoms with Gasteiger partial charge < -0.3 is 9.64 Å². The molecule has 2 aromatic heterocycles. The highest BCUT2D eigenvalue weighted by molar-refractivity contribution is 7.14. The molecular weight excluding hydrogens is 320 g/mol. The first kappa shape index (κ1) is 15.5. The number of pyridine rings is 1. The summed E-state index contributed by atoms with van der Waals surface area (Å²) in [5.41, 5.74) is 0.987. The normalized spacial score (nSPS) is 19.4. The van der Waals surface area contributed by atoms with E-state index in [2.05, 4.69) is 22.3 Å². The quantitative estimate of drug-likeness (QED) is 0.841. The fourth-order valence-electron chi connectivity index (χ4n) is 2.62. The fraction of sp³-hybridized carbons (Fsp3) is 0.533. The number of anilines is 1. The zero-order valence-electron chi connectivity index (χ0n) is 12.8. The summed E-state index contributed by atoms with van der Waals surface area (Å²) in [7, 11) is 0. The van der Waals surface area contributed by atoms with Crippen LogP contribution < -0.4 is 4.90 Å². The maximum atomic E-state index is 9.51. The van der Waals surface area contributed by atoms with E-state index in [1.54, 1.807) is 0 Å². The Hall–Kier alpha value is -1.42. The van der Waals surface area contributed by atoms with Gasteiger partial charge in [-0.25, -0.2) is 4.98 Å². The number of rotatable bonds is 2. The molecule has 1 aliphatic heterocycles. The molecule has 5 nitrogen and oxygen atoms in total. The van der Waals surface area contributed by atoms with Crippen molar-refractivity contribution >= 4 is 39.2 Å². The number of hydrogen-bond donors (Lipinski definition) is 0. The first-order chi connectivity index (χ1) is 10.4. The topological polar surface area (TPSA) is 62.0 Å². The monoisotopic (exact) mass is 336 g/mol. The fourth-order valence-corrected chi connectivity index (χ4v) is 3.82. The van der Waals surface area contributed by atoms with Crippen LogP contribution in [0.1, 0.15) is 26.3 Å². The Morgan fingerprint density at radius 2 is 2.32 bits per heavy atom. The first-order valence-electron chi connectivity index (χ1n) is 7.16. The van der Waals surface area contributed by atoms with E-state index in [4.69, 9.17) is 21.3 Å². The van der Waals surface area contributed by atoms with Gasteiger partial charge in [0.2, 0.25) is 0 Å². The molecule has 0 unspecified atom stereocenters. The Morgan fingerprint density at radius 3 is 3.00 bits per heavy atom. The number of halogens is 1. The van der Waals surface area contributed by atoms with E-state index in [1.807, 2.05) is 19.9 Å². The number of morpholine rings is 1. The van der Waals surface area contributed by atoms with Crippen molar-refractivity contribution in [2.24, 2.45) is 0 Å². The van der Waals surface area contributed by atoms with Crippen molar-refractivity contribution < 1.29 is 4.74 Å². The molecule has 0 bridgehead atoms. The maximum Gasteiger partial charge on any atom is 0.169 e. The summed E-state index contributed by atoms with van der Waals surface area (Å²) in [6, 6.07) is 4.61. The van der Waals surface area contributed by atoms with Crippen molar-refractivity contribution in [3.63, 3.8) is 0 Å². The Bertz CT molecular complexity index is 752. The minimum absolute atomic E-state index is 0.238. The predicted octanol–water partition coefficient (Wildman–Crippen LogP) is 3.37. The van der Waals surface area contributed by atoms with E-state index in [1.165, 1.54) is 11.5 Å². The highest BCUT2D eigenvalue weighted by Crippen LogP contribution is 2.37. The van der Waals surface area contributed by atoms with E-state index in [-0.39, 0.29) is 6.04 Å². The number of ether oxygens (including phenoxy) is 1. The molecule has 1 atom stereocenters. The van der Waals surface area contributed by atoms with Gasteiger partial charge in [0, 0.05) is 6.54 Å². The van der Waals surface area contributed by atoms with Gasteiger partial charge in [-0.05, 0) is 43.9 Å². The Labute approximate surface area is 138 Å². The Balaban J connectivity index is 2.20. The van der Waals surface area contributed by atoms with Crippen LogP contribution in [0.15, 0.2) is 6.07 Å². The van der Waals surface area contributed by atoms with E-state index in [0.29, 0.717) is 23.9 Å². The van der Waals surface area contributed by atoms with Crippen LogP contribution in [0.25, 0.3) is 10.2 Å². The molecule has 0 saturated carbocycles. The number of nitriles is 1. The smallest absolute Gasteiger partial charge is 0.169 e. The third-order valence-corrected chi connectivity index (χ3v) is 5.22. The predicted molar refractivity (Wildman–Crippen MR) is 88.7 cm³/mol. The summed E-state index contributed by atoms with van der Waals surface area (Å²) in [4.78, 5) is 6.90. The lowest BCUT2D eigenvalue weighted by atomic mass is 9.86. The number of aromatic nitrogens is 2. The molecule has 1 saturated heterocycles. The largest absolute Gasteiger partial charge is 0.377 e. The summed E-state index contributed by atoms with van der Waals surface area (Å²) in [6.45, 7) is 8.04. The van der Waals surface area contributed by atoms with Crippen LogP contribution in [0.5, 0.6) is 0 Å². The van der Waals surface area contributed by atoms with E-state index >= 15 is 0 Å². The van der Waals surface area contributed by atoms with Gasteiger partial charge in [-0.2, -0.15) is 9.64 Å². The molecule has 22 heavy (non-hydrogen) atoms. The lowest BCUT2D eigenvalue weighted by Crippen LogP contribution is -2.44. The van der Waals surface area contributed by atoms with Crippen molar-refractivity contribution in [2.75, 3.05) is 24.7 Å². The van der Waals surface area contributed by atoms with Gasteiger partial charge in [-0.15, -0.1) is 0 Å². The van der Waals surface area contributed by atoms with Gasteiger partial charge >= 0.3 is 0 Å². The first-order valence-corrected chi connectivity index (χ1v) is 8.31. The third-order valence-electron chi connectivity index (χ3n) is 3.99. The second-order valence-electron chi connectivity index (χ2n) is 6.03. The van der Waals surface area contributed by atoms with E-state index < -0.39 is 5.41 Å². The van der Waals surface area contributed by atoms with E-state index in [9.17, 15) is 5.26 Å². The molecule has 0 radical (unpaired) electrons. The standard InChI is InChI=1S/C15H17ClN4OS/c1-9-7-21-5-4-20(9)11-6-10(15(2,3)8-17)13-12(18-11)14(16)19-22-13/h6,9H,4-5,7H2,1-3H3/t9-/m1/s1. The SMILES string of the molecule is C[C@@H]1COCCN1c1cc(C(C)(C)C#N)c2snc(Cl)c2n1. The van der Waals surface area contributed by atoms with Gasteiger partial charge in [0.1, 0.15) is 11.3 Å². The summed E-state index contributed by atoms with van der Waals surface area (Å²) in [5.74, 6) is 0.837. The number of fused-ring (bicyclic) bond motifs is 1. The van der Waals surface area contributed by atoms with Crippen LogP contribution in [-0.4, -0.2) is 35.2 Å². The lowest BCUT2D eigenvalue weighted by molar-refractivity contribution is 0.0985. The van der Waals surface area contributed by atoms with Gasteiger partial charge in [-0.3, -0.25) is 0 Å². The van der Waals surface area contributed by atoms with Gasteiger partial charge in [-0.1, -0.05) is 11.6 Å². The van der Waals surface area contributed by atoms with Crippen LogP contribution in [-0.2, 0) is 10.2 Å². The van der Waals surface area contributed by atoms with Crippen LogP contribution in [0.3, 0.4) is 0 Å².